The largest absolute Gasteiger partial charge is 0.452 e. The van der Waals surface area contributed by atoms with E-state index in [1.165, 1.54) is 38.4 Å². The highest BCUT2D eigenvalue weighted by molar-refractivity contribution is 7.89. The molecular weight excluding hydrogens is 380 g/mol. The molecule has 2 aromatic rings. The third-order valence-electron chi connectivity index (χ3n) is 4.65. The summed E-state index contributed by atoms with van der Waals surface area (Å²) in [4.78, 5) is 26.6. The third kappa shape index (κ3) is 3.79. The number of nitrogens with zero attached hydrogens (tertiary/aromatic N) is 2. The van der Waals surface area contributed by atoms with Crippen LogP contribution < -0.4 is 4.90 Å². The summed E-state index contributed by atoms with van der Waals surface area (Å²) in [7, 11) is -0.846. The molecule has 0 saturated carbocycles. The zero-order valence-corrected chi connectivity index (χ0v) is 16.8. The van der Waals surface area contributed by atoms with E-state index in [4.69, 9.17) is 4.74 Å². The van der Waals surface area contributed by atoms with Gasteiger partial charge in [-0.05, 0) is 43.2 Å². The number of carbonyl (C=O) groups is 2. The quantitative estimate of drug-likeness (QED) is 0.715. The minimum Gasteiger partial charge on any atom is -0.452 e. The van der Waals surface area contributed by atoms with E-state index in [1.54, 1.807) is 4.90 Å². The van der Waals surface area contributed by atoms with Crippen LogP contribution in [0, 0.1) is 0 Å². The topological polar surface area (TPSA) is 84.0 Å². The molecule has 7 nitrogen and oxygen atoms in total. The first kappa shape index (κ1) is 20.0. The van der Waals surface area contributed by atoms with Crippen LogP contribution in [-0.4, -0.2) is 51.3 Å². The monoisotopic (exact) mass is 402 g/mol. The minimum atomic E-state index is -3.67. The molecule has 0 radical (unpaired) electrons. The van der Waals surface area contributed by atoms with Gasteiger partial charge in [0.2, 0.25) is 10.0 Å². The number of fused-ring (bicyclic) bond motifs is 1. The molecule has 28 heavy (non-hydrogen) atoms. The van der Waals surface area contributed by atoms with Crippen molar-refractivity contribution < 1.29 is 22.7 Å². The third-order valence-corrected chi connectivity index (χ3v) is 6.46. The Hall–Kier alpha value is -2.71. The Morgan fingerprint density at radius 3 is 2.57 bits per heavy atom. The van der Waals surface area contributed by atoms with Gasteiger partial charge in [-0.2, -0.15) is 0 Å². The average molecular weight is 402 g/mol. The number of benzene rings is 2. The zero-order chi connectivity index (χ0) is 20.5. The van der Waals surface area contributed by atoms with Crippen LogP contribution in [0.2, 0.25) is 0 Å². The Morgan fingerprint density at radius 1 is 1.14 bits per heavy atom. The summed E-state index contributed by atoms with van der Waals surface area (Å²) in [5.41, 5.74) is 1.98. The Bertz CT molecular complexity index is 1020. The van der Waals surface area contributed by atoms with Gasteiger partial charge in [0.05, 0.1) is 10.5 Å². The van der Waals surface area contributed by atoms with Crippen molar-refractivity contribution in [2.45, 2.75) is 24.3 Å². The number of esters is 1. The summed E-state index contributed by atoms with van der Waals surface area (Å²) in [5, 5.41) is 0. The van der Waals surface area contributed by atoms with E-state index in [0.717, 1.165) is 22.0 Å². The fourth-order valence-electron chi connectivity index (χ4n) is 3.22. The van der Waals surface area contributed by atoms with Crippen LogP contribution >= 0.6 is 0 Å². The summed E-state index contributed by atoms with van der Waals surface area (Å²) in [6.45, 7) is 1.53. The van der Waals surface area contributed by atoms with E-state index in [0.29, 0.717) is 0 Å². The summed E-state index contributed by atoms with van der Waals surface area (Å²) in [6, 6.07) is 13.2. The molecule has 1 heterocycles. The van der Waals surface area contributed by atoms with Gasteiger partial charge in [0, 0.05) is 25.8 Å². The van der Waals surface area contributed by atoms with Gasteiger partial charge in [0.25, 0.3) is 5.91 Å². The number of carbonyl (C=O) groups excluding carboxylic acids is 2. The number of hydrogen-bond acceptors (Lipinski definition) is 5. The van der Waals surface area contributed by atoms with Crippen molar-refractivity contribution in [1.82, 2.24) is 4.31 Å². The van der Waals surface area contributed by atoms with Gasteiger partial charge in [0.1, 0.15) is 0 Å². The number of rotatable bonds is 5. The molecule has 0 spiro atoms. The Balaban J connectivity index is 1.71. The molecule has 0 N–H and O–H groups in total. The maximum Gasteiger partial charge on any atom is 0.338 e. The average Bonchev–Trinajstić information content (AvgIpc) is 3.01. The van der Waals surface area contributed by atoms with Gasteiger partial charge in [0.15, 0.2) is 6.61 Å². The smallest absolute Gasteiger partial charge is 0.338 e. The Morgan fingerprint density at radius 2 is 1.86 bits per heavy atom. The molecule has 0 bridgehead atoms. The lowest BCUT2D eigenvalue weighted by Gasteiger charge is -2.22. The number of para-hydroxylation sites is 1. The van der Waals surface area contributed by atoms with Crippen LogP contribution in [0.3, 0.4) is 0 Å². The summed E-state index contributed by atoms with van der Waals surface area (Å²) in [6.07, 6.45) is 0.750. The van der Waals surface area contributed by atoms with Gasteiger partial charge in [-0.15, -0.1) is 0 Å². The molecule has 1 amide bonds. The van der Waals surface area contributed by atoms with Gasteiger partial charge < -0.3 is 9.64 Å². The number of amides is 1. The molecule has 0 aliphatic carbocycles. The van der Waals surface area contributed by atoms with E-state index in [9.17, 15) is 18.0 Å². The molecule has 8 heteroatoms. The lowest BCUT2D eigenvalue weighted by atomic mass is 10.1. The van der Waals surface area contributed by atoms with E-state index in [1.807, 2.05) is 31.2 Å². The first-order chi connectivity index (χ1) is 13.2. The van der Waals surface area contributed by atoms with Crippen LogP contribution in [0.25, 0.3) is 0 Å². The molecule has 2 aromatic carbocycles. The second kappa shape index (κ2) is 7.73. The van der Waals surface area contributed by atoms with Crippen molar-refractivity contribution in [2.24, 2.45) is 0 Å². The van der Waals surface area contributed by atoms with E-state index in [2.05, 4.69) is 0 Å². The van der Waals surface area contributed by atoms with Crippen LogP contribution in [-0.2, 0) is 26.0 Å². The molecule has 3 rings (SSSR count). The van der Waals surface area contributed by atoms with E-state index in [-0.39, 0.29) is 22.4 Å². The predicted octanol–water partition coefficient (Wildman–Crippen LogP) is 2.07. The SMILES string of the molecule is C[C@H]1Cc2ccccc2N1C(=O)COC(=O)c1cccc(S(=O)(=O)N(C)C)c1. The van der Waals surface area contributed by atoms with Crippen LogP contribution in [0.4, 0.5) is 5.69 Å². The lowest BCUT2D eigenvalue weighted by Crippen LogP contribution is -2.38. The van der Waals surface area contributed by atoms with Crippen molar-refractivity contribution in [3.63, 3.8) is 0 Å². The maximum absolute atomic E-state index is 12.6. The van der Waals surface area contributed by atoms with Crippen molar-refractivity contribution in [3.8, 4) is 0 Å². The molecule has 0 fully saturated rings. The van der Waals surface area contributed by atoms with Crippen LogP contribution in [0.15, 0.2) is 53.4 Å². The number of sulfonamides is 1. The highest BCUT2D eigenvalue weighted by Gasteiger charge is 2.31. The molecule has 1 atom stereocenters. The van der Waals surface area contributed by atoms with Crippen LogP contribution in [0.5, 0.6) is 0 Å². The standard InChI is InChI=1S/C20H22N2O5S/c1-14-11-15-7-4-5-10-18(15)22(14)19(23)13-27-20(24)16-8-6-9-17(12-16)28(25,26)21(2)3/h4-10,12,14H,11,13H2,1-3H3/t14-/m0/s1. The minimum absolute atomic E-state index is 0.0135. The summed E-state index contributed by atoms with van der Waals surface area (Å²) >= 11 is 0. The molecule has 0 unspecified atom stereocenters. The summed E-state index contributed by atoms with van der Waals surface area (Å²) < 4.78 is 30.6. The highest BCUT2D eigenvalue weighted by atomic mass is 32.2. The van der Waals surface area contributed by atoms with Gasteiger partial charge in [-0.1, -0.05) is 24.3 Å². The fourth-order valence-corrected chi connectivity index (χ4v) is 4.17. The van der Waals surface area contributed by atoms with Crippen molar-refractivity contribution in [2.75, 3.05) is 25.6 Å². The number of anilines is 1. The van der Waals surface area contributed by atoms with Crippen molar-refractivity contribution in [1.29, 1.82) is 0 Å². The first-order valence-electron chi connectivity index (χ1n) is 8.81. The van der Waals surface area contributed by atoms with E-state index >= 15 is 0 Å². The molecule has 1 aliphatic heterocycles. The molecular formula is C20H22N2O5S. The lowest BCUT2D eigenvalue weighted by molar-refractivity contribution is -0.122. The van der Waals surface area contributed by atoms with Gasteiger partial charge in [-0.3, -0.25) is 4.79 Å². The van der Waals surface area contributed by atoms with Gasteiger partial charge in [-0.25, -0.2) is 17.5 Å². The van der Waals surface area contributed by atoms with Crippen LogP contribution in [0.1, 0.15) is 22.8 Å². The number of hydrogen-bond donors (Lipinski definition) is 0. The van der Waals surface area contributed by atoms with Gasteiger partial charge >= 0.3 is 5.97 Å². The Labute approximate surface area is 164 Å². The zero-order valence-electron chi connectivity index (χ0n) is 16.0. The normalized spacial score (nSPS) is 16.1. The molecule has 1 aliphatic rings. The highest BCUT2D eigenvalue weighted by Crippen LogP contribution is 2.31. The van der Waals surface area contributed by atoms with Crippen molar-refractivity contribution in [3.05, 3.63) is 59.7 Å². The molecule has 148 valence electrons. The first-order valence-corrected chi connectivity index (χ1v) is 10.3. The van der Waals surface area contributed by atoms with E-state index < -0.39 is 22.6 Å². The maximum atomic E-state index is 12.6. The van der Waals surface area contributed by atoms with Crippen molar-refractivity contribution >= 4 is 27.6 Å². The Kier molecular flexibility index (Phi) is 5.53. The molecule has 0 aromatic heterocycles. The fraction of sp³-hybridized carbons (Fsp3) is 0.300. The second-order valence-electron chi connectivity index (χ2n) is 6.84. The summed E-state index contributed by atoms with van der Waals surface area (Å²) in [5.74, 6) is -1.06. The second-order valence-corrected chi connectivity index (χ2v) is 8.99. The predicted molar refractivity (Wildman–Crippen MR) is 105 cm³/mol. The number of ether oxygens (including phenoxy) is 1. The molecule has 0 saturated heterocycles.